The van der Waals surface area contributed by atoms with Crippen molar-refractivity contribution in [1.82, 2.24) is 0 Å². The summed E-state index contributed by atoms with van der Waals surface area (Å²) in [7, 11) is 1.50. The van der Waals surface area contributed by atoms with E-state index in [1.165, 1.54) is 13.2 Å². The monoisotopic (exact) mass is 310 g/mol. The Kier molecular flexibility index (Phi) is 5.50. The molecule has 1 heterocycles. The minimum atomic E-state index is -0.861. The van der Waals surface area contributed by atoms with Gasteiger partial charge >= 0.3 is 5.97 Å². The number of hydrogen-bond donors (Lipinski definition) is 0. The topological polar surface area (TPSA) is 61.8 Å². The quantitative estimate of drug-likeness (QED) is 0.456. The SMILES string of the molecule is CCOC(=O)C(=O)c1ccc(OC2CCSC2)c(OC)c1. The minimum absolute atomic E-state index is 0.163. The van der Waals surface area contributed by atoms with Crippen molar-refractivity contribution < 1.29 is 23.8 Å². The molecule has 1 aromatic rings. The second-order valence-corrected chi connectivity index (χ2v) is 5.67. The van der Waals surface area contributed by atoms with Gasteiger partial charge in [-0.05, 0) is 37.3 Å². The van der Waals surface area contributed by atoms with Crippen molar-refractivity contribution in [3.63, 3.8) is 0 Å². The molecule has 0 aliphatic carbocycles. The van der Waals surface area contributed by atoms with Gasteiger partial charge in [-0.3, -0.25) is 4.79 Å². The van der Waals surface area contributed by atoms with Crippen LogP contribution in [0.1, 0.15) is 23.7 Å². The van der Waals surface area contributed by atoms with E-state index in [4.69, 9.17) is 14.2 Å². The second kappa shape index (κ2) is 7.36. The molecular formula is C15H18O5S. The standard InChI is InChI=1S/C15H18O5S/c1-3-19-15(17)14(16)10-4-5-12(13(8-10)18-2)20-11-6-7-21-9-11/h4-5,8,11H,3,6-7,9H2,1-2H3. The van der Waals surface area contributed by atoms with Crippen LogP contribution in [-0.4, -0.2) is 43.1 Å². The Morgan fingerprint density at radius 2 is 2.14 bits per heavy atom. The summed E-state index contributed by atoms with van der Waals surface area (Å²) in [6, 6.07) is 4.73. The van der Waals surface area contributed by atoms with Crippen LogP contribution < -0.4 is 9.47 Å². The lowest BCUT2D eigenvalue weighted by atomic mass is 10.1. The summed E-state index contributed by atoms with van der Waals surface area (Å²) in [5, 5.41) is 0. The lowest BCUT2D eigenvalue weighted by Gasteiger charge is -2.15. The van der Waals surface area contributed by atoms with Gasteiger partial charge in [0, 0.05) is 11.3 Å². The van der Waals surface area contributed by atoms with E-state index < -0.39 is 11.8 Å². The highest BCUT2D eigenvalue weighted by Crippen LogP contribution is 2.32. The first kappa shape index (κ1) is 15.7. The lowest BCUT2D eigenvalue weighted by Crippen LogP contribution is -2.18. The van der Waals surface area contributed by atoms with Crippen LogP contribution in [0.2, 0.25) is 0 Å². The predicted octanol–water partition coefficient (Wildman–Crippen LogP) is 2.33. The minimum Gasteiger partial charge on any atom is -0.493 e. The average molecular weight is 310 g/mol. The summed E-state index contributed by atoms with van der Waals surface area (Å²) in [4.78, 5) is 23.3. The zero-order valence-corrected chi connectivity index (χ0v) is 12.9. The Bertz CT molecular complexity index is 523. The van der Waals surface area contributed by atoms with E-state index in [9.17, 15) is 9.59 Å². The Labute approximate surface area is 127 Å². The molecule has 1 atom stereocenters. The number of esters is 1. The van der Waals surface area contributed by atoms with Gasteiger partial charge in [0.25, 0.3) is 5.78 Å². The summed E-state index contributed by atoms with van der Waals surface area (Å²) in [5.74, 6) is 1.53. The average Bonchev–Trinajstić information content (AvgIpc) is 3.00. The third-order valence-corrected chi connectivity index (χ3v) is 4.20. The molecule has 0 amide bonds. The highest BCUT2D eigenvalue weighted by Gasteiger charge is 2.22. The maximum absolute atomic E-state index is 11.9. The number of ketones is 1. The lowest BCUT2D eigenvalue weighted by molar-refractivity contribution is -0.137. The summed E-state index contributed by atoms with van der Waals surface area (Å²) in [5.41, 5.74) is 0.235. The zero-order chi connectivity index (χ0) is 15.2. The molecule has 0 saturated carbocycles. The van der Waals surface area contributed by atoms with Gasteiger partial charge < -0.3 is 14.2 Å². The molecule has 1 aliphatic rings. The summed E-state index contributed by atoms with van der Waals surface area (Å²) in [6.07, 6.45) is 1.16. The smallest absolute Gasteiger partial charge is 0.379 e. The molecule has 0 radical (unpaired) electrons. The maximum Gasteiger partial charge on any atom is 0.379 e. The third kappa shape index (κ3) is 3.91. The molecule has 1 aromatic carbocycles. The van der Waals surface area contributed by atoms with Gasteiger partial charge in [0.1, 0.15) is 6.10 Å². The van der Waals surface area contributed by atoms with E-state index in [0.717, 1.165) is 17.9 Å². The van der Waals surface area contributed by atoms with E-state index in [1.54, 1.807) is 19.1 Å². The normalized spacial score (nSPS) is 17.3. The van der Waals surface area contributed by atoms with Crippen molar-refractivity contribution in [1.29, 1.82) is 0 Å². The molecule has 0 N–H and O–H groups in total. The van der Waals surface area contributed by atoms with Gasteiger partial charge in [-0.25, -0.2) is 4.79 Å². The summed E-state index contributed by atoms with van der Waals surface area (Å²) in [6.45, 7) is 1.82. The molecule has 1 unspecified atom stereocenters. The van der Waals surface area contributed by atoms with Crippen molar-refractivity contribution in [2.45, 2.75) is 19.4 Å². The zero-order valence-electron chi connectivity index (χ0n) is 12.1. The number of rotatable bonds is 6. The number of thioether (sulfide) groups is 1. The van der Waals surface area contributed by atoms with Gasteiger partial charge in [0.15, 0.2) is 11.5 Å². The second-order valence-electron chi connectivity index (χ2n) is 4.52. The molecule has 5 nitrogen and oxygen atoms in total. The highest BCUT2D eigenvalue weighted by molar-refractivity contribution is 7.99. The van der Waals surface area contributed by atoms with E-state index in [2.05, 4.69) is 0 Å². The van der Waals surface area contributed by atoms with Gasteiger partial charge in [0.05, 0.1) is 13.7 Å². The van der Waals surface area contributed by atoms with Crippen molar-refractivity contribution in [3.05, 3.63) is 23.8 Å². The Morgan fingerprint density at radius 1 is 1.33 bits per heavy atom. The van der Waals surface area contributed by atoms with Crippen LogP contribution in [0.5, 0.6) is 11.5 Å². The molecule has 0 spiro atoms. The van der Waals surface area contributed by atoms with Gasteiger partial charge in [-0.15, -0.1) is 0 Å². The number of methoxy groups -OCH3 is 1. The fraction of sp³-hybridized carbons (Fsp3) is 0.467. The van der Waals surface area contributed by atoms with Crippen molar-refractivity contribution >= 4 is 23.5 Å². The van der Waals surface area contributed by atoms with Gasteiger partial charge in [-0.1, -0.05) is 0 Å². The van der Waals surface area contributed by atoms with E-state index in [1.807, 2.05) is 11.8 Å². The van der Waals surface area contributed by atoms with E-state index in [0.29, 0.717) is 11.5 Å². The number of benzene rings is 1. The van der Waals surface area contributed by atoms with E-state index >= 15 is 0 Å². The van der Waals surface area contributed by atoms with E-state index in [-0.39, 0.29) is 18.3 Å². The van der Waals surface area contributed by atoms with Crippen LogP contribution in [0, 0.1) is 0 Å². The molecule has 6 heteroatoms. The first-order chi connectivity index (χ1) is 10.2. The predicted molar refractivity (Wildman–Crippen MR) is 80.3 cm³/mol. The van der Waals surface area contributed by atoms with Crippen molar-refractivity contribution in [2.75, 3.05) is 25.2 Å². The maximum atomic E-state index is 11.9. The number of hydrogen-bond acceptors (Lipinski definition) is 6. The number of Topliss-reactive ketones (excluding diaryl/α,β-unsaturated/α-hetero) is 1. The number of ether oxygens (including phenoxy) is 3. The Balaban J connectivity index is 2.15. The van der Waals surface area contributed by atoms with Crippen LogP contribution in [-0.2, 0) is 9.53 Å². The van der Waals surface area contributed by atoms with Crippen LogP contribution in [0.15, 0.2) is 18.2 Å². The van der Waals surface area contributed by atoms with Crippen LogP contribution >= 0.6 is 11.8 Å². The van der Waals surface area contributed by atoms with Crippen LogP contribution in [0.3, 0.4) is 0 Å². The molecule has 1 fully saturated rings. The van der Waals surface area contributed by atoms with Crippen LogP contribution in [0.4, 0.5) is 0 Å². The van der Waals surface area contributed by atoms with Gasteiger partial charge in [-0.2, -0.15) is 11.8 Å². The van der Waals surface area contributed by atoms with Gasteiger partial charge in [0.2, 0.25) is 0 Å². The largest absolute Gasteiger partial charge is 0.493 e. The molecule has 0 bridgehead atoms. The Morgan fingerprint density at radius 3 is 2.76 bits per heavy atom. The van der Waals surface area contributed by atoms with Crippen molar-refractivity contribution in [2.24, 2.45) is 0 Å². The Hall–Kier alpha value is -1.69. The molecule has 21 heavy (non-hydrogen) atoms. The molecule has 1 aliphatic heterocycles. The number of carbonyl (C=O) groups is 2. The van der Waals surface area contributed by atoms with Crippen LogP contribution in [0.25, 0.3) is 0 Å². The first-order valence-corrected chi connectivity index (χ1v) is 7.95. The number of carbonyl (C=O) groups excluding carboxylic acids is 2. The molecule has 114 valence electrons. The first-order valence-electron chi connectivity index (χ1n) is 6.79. The third-order valence-electron chi connectivity index (χ3n) is 3.07. The fourth-order valence-corrected chi connectivity index (χ4v) is 3.10. The molecule has 0 aromatic heterocycles. The molecule has 2 rings (SSSR count). The summed E-state index contributed by atoms with van der Waals surface area (Å²) < 4.78 is 15.8. The highest BCUT2D eigenvalue weighted by atomic mass is 32.2. The molecule has 1 saturated heterocycles. The molecular weight excluding hydrogens is 292 g/mol. The summed E-state index contributed by atoms with van der Waals surface area (Å²) >= 11 is 1.85. The fourth-order valence-electron chi connectivity index (χ4n) is 2.01. The van der Waals surface area contributed by atoms with Crippen molar-refractivity contribution in [3.8, 4) is 11.5 Å².